The highest BCUT2D eigenvalue weighted by molar-refractivity contribution is 9.09. The normalized spacial score (nSPS) is 13.7. The van der Waals surface area contributed by atoms with Crippen LogP contribution < -0.4 is 0 Å². The van der Waals surface area contributed by atoms with Gasteiger partial charge in [0.15, 0.2) is 0 Å². The number of aliphatic imine (C=N–C) groups is 1. The number of allylic oxidation sites excluding steroid dienone is 1. The Bertz CT molecular complexity index is 285. The lowest BCUT2D eigenvalue weighted by atomic mass is 10.2. The summed E-state index contributed by atoms with van der Waals surface area (Å²) in [7, 11) is 0. The predicted molar refractivity (Wildman–Crippen MR) is 66.1 cm³/mol. The van der Waals surface area contributed by atoms with Crippen molar-refractivity contribution in [3.63, 3.8) is 0 Å². The van der Waals surface area contributed by atoms with E-state index in [0.29, 0.717) is 10.9 Å². The SMILES string of the molecule is CCCCC(C)=N/C(=C(\C)CBr)[N+](=O)[O-]. The van der Waals surface area contributed by atoms with E-state index in [1.165, 1.54) is 0 Å². The zero-order chi connectivity index (χ0) is 11.8. The number of halogens is 1. The number of nitrogens with zero attached hydrogens (tertiary/aromatic N) is 2. The molecule has 4 nitrogen and oxygen atoms in total. The van der Waals surface area contributed by atoms with Crippen LogP contribution in [0.1, 0.15) is 40.0 Å². The molecule has 0 bridgehead atoms. The fourth-order valence-corrected chi connectivity index (χ4v) is 1.27. The van der Waals surface area contributed by atoms with Crippen molar-refractivity contribution in [2.45, 2.75) is 40.0 Å². The molecule has 5 heteroatoms. The van der Waals surface area contributed by atoms with Crippen molar-refractivity contribution in [3.05, 3.63) is 21.5 Å². The molecule has 0 saturated carbocycles. The predicted octanol–water partition coefficient (Wildman–Crippen LogP) is 3.54. The first-order valence-corrected chi connectivity index (χ1v) is 6.09. The minimum Gasteiger partial charge on any atom is -0.358 e. The molecular formula is C10H17BrN2O2. The highest BCUT2D eigenvalue weighted by Gasteiger charge is 2.13. The molecule has 0 fully saturated rings. The van der Waals surface area contributed by atoms with Crippen molar-refractivity contribution in [3.8, 4) is 0 Å². The second-order valence-electron chi connectivity index (χ2n) is 3.45. The van der Waals surface area contributed by atoms with Gasteiger partial charge in [0, 0.05) is 17.3 Å². The van der Waals surface area contributed by atoms with Gasteiger partial charge in [-0.05, 0) is 30.2 Å². The summed E-state index contributed by atoms with van der Waals surface area (Å²) in [4.78, 5) is 14.4. The van der Waals surface area contributed by atoms with Crippen molar-refractivity contribution >= 4 is 21.6 Å². The second-order valence-corrected chi connectivity index (χ2v) is 4.01. The molecule has 0 saturated heterocycles. The Kier molecular flexibility index (Phi) is 7.21. The molecule has 0 spiro atoms. The lowest BCUT2D eigenvalue weighted by Crippen LogP contribution is -2.03. The van der Waals surface area contributed by atoms with E-state index >= 15 is 0 Å². The third-order valence-electron chi connectivity index (χ3n) is 1.94. The van der Waals surface area contributed by atoms with Gasteiger partial charge in [0.05, 0.1) is 0 Å². The van der Waals surface area contributed by atoms with E-state index in [9.17, 15) is 10.1 Å². The Hall–Kier alpha value is -0.710. The van der Waals surface area contributed by atoms with Crippen LogP contribution in [0.2, 0.25) is 0 Å². The van der Waals surface area contributed by atoms with E-state index in [0.717, 1.165) is 25.0 Å². The molecule has 0 rings (SSSR count). The van der Waals surface area contributed by atoms with Crippen LogP contribution >= 0.6 is 15.9 Å². The minimum atomic E-state index is -0.425. The monoisotopic (exact) mass is 276 g/mol. The maximum Gasteiger partial charge on any atom is 0.363 e. The molecule has 0 aliphatic carbocycles. The summed E-state index contributed by atoms with van der Waals surface area (Å²) in [6, 6.07) is 0. The van der Waals surface area contributed by atoms with E-state index in [2.05, 4.69) is 27.8 Å². The number of rotatable bonds is 6. The number of alkyl halides is 1. The molecule has 0 atom stereocenters. The molecular weight excluding hydrogens is 260 g/mol. The Morgan fingerprint density at radius 3 is 2.47 bits per heavy atom. The summed E-state index contributed by atoms with van der Waals surface area (Å²) in [5.41, 5.74) is 1.47. The number of hydrogen-bond acceptors (Lipinski definition) is 3. The van der Waals surface area contributed by atoms with Crippen molar-refractivity contribution < 1.29 is 4.92 Å². The van der Waals surface area contributed by atoms with Crippen LogP contribution in [0.25, 0.3) is 0 Å². The van der Waals surface area contributed by atoms with Crippen LogP contribution in [0.5, 0.6) is 0 Å². The first kappa shape index (κ1) is 14.3. The maximum atomic E-state index is 10.7. The molecule has 0 radical (unpaired) electrons. The third-order valence-corrected chi connectivity index (χ3v) is 2.79. The lowest BCUT2D eigenvalue weighted by Gasteiger charge is -1.98. The van der Waals surface area contributed by atoms with Gasteiger partial charge < -0.3 is 10.1 Å². The molecule has 0 aromatic carbocycles. The molecule has 0 aliphatic rings. The smallest absolute Gasteiger partial charge is 0.358 e. The summed E-state index contributed by atoms with van der Waals surface area (Å²) in [6.45, 7) is 5.63. The second kappa shape index (κ2) is 7.56. The molecule has 0 N–H and O–H groups in total. The number of nitro groups is 1. The fourth-order valence-electron chi connectivity index (χ4n) is 1.02. The first-order chi connectivity index (χ1) is 7.02. The van der Waals surface area contributed by atoms with Crippen LogP contribution in [0.15, 0.2) is 16.4 Å². The highest BCUT2D eigenvalue weighted by atomic mass is 79.9. The van der Waals surface area contributed by atoms with E-state index < -0.39 is 4.92 Å². The van der Waals surface area contributed by atoms with Crippen molar-refractivity contribution in [1.29, 1.82) is 0 Å². The maximum absolute atomic E-state index is 10.7. The zero-order valence-electron chi connectivity index (χ0n) is 9.42. The van der Waals surface area contributed by atoms with E-state index in [4.69, 9.17) is 0 Å². The third kappa shape index (κ3) is 5.67. The Morgan fingerprint density at radius 2 is 2.07 bits per heavy atom. The molecule has 0 amide bonds. The van der Waals surface area contributed by atoms with Crippen molar-refractivity contribution in [2.75, 3.05) is 5.33 Å². The largest absolute Gasteiger partial charge is 0.363 e. The van der Waals surface area contributed by atoms with Gasteiger partial charge in [-0.1, -0.05) is 29.3 Å². The van der Waals surface area contributed by atoms with Gasteiger partial charge in [0.2, 0.25) is 0 Å². The standard InChI is InChI=1S/C10H17BrN2O2/c1-4-5-6-9(3)12-10(13(14)15)8(2)7-11/h4-7H2,1-3H3/b10-8-,12-9?. The van der Waals surface area contributed by atoms with Gasteiger partial charge in [-0.2, -0.15) is 0 Å². The van der Waals surface area contributed by atoms with Crippen LogP contribution in [0, 0.1) is 10.1 Å². The fraction of sp³-hybridized carbons (Fsp3) is 0.700. The van der Waals surface area contributed by atoms with Crippen LogP contribution in [-0.2, 0) is 0 Å². The number of hydrogen-bond donors (Lipinski definition) is 0. The van der Waals surface area contributed by atoms with Gasteiger partial charge in [-0.25, -0.2) is 0 Å². The van der Waals surface area contributed by atoms with Crippen LogP contribution in [-0.4, -0.2) is 16.0 Å². The van der Waals surface area contributed by atoms with E-state index in [1.54, 1.807) is 6.92 Å². The molecule has 0 aromatic heterocycles. The van der Waals surface area contributed by atoms with Gasteiger partial charge in [-0.15, -0.1) is 0 Å². The lowest BCUT2D eigenvalue weighted by molar-refractivity contribution is -0.427. The molecule has 0 aromatic rings. The Labute approximate surface area is 98.7 Å². The van der Waals surface area contributed by atoms with Gasteiger partial charge in [-0.3, -0.25) is 0 Å². The Balaban J connectivity index is 4.75. The average Bonchev–Trinajstić information content (AvgIpc) is 2.21. The van der Waals surface area contributed by atoms with Crippen LogP contribution in [0.3, 0.4) is 0 Å². The molecule has 0 unspecified atom stereocenters. The van der Waals surface area contributed by atoms with Crippen LogP contribution in [0.4, 0.5) is 0 Å². The summed E-state index contributed by atoms with van der Waals surface area (Å²) in [5.74, 6) is -0.0273. The first-order valence-electron chi connectivity index (χ1n) is 4.97. The van der Waals surface area contributed by atoms with Crippen molar-refractivity contribution in [2.24, 2.45) is 4.99 Å². The summed E-state index contributed by atoms with van der Waals surface area (Å²) in [5, 5.41) is 11.2. The quantitative estimate of drug-likeness (QED) is 0.322. The van der Waals surface area contributed by atoms with Gasteiger partial charge in [0.1, 0.15) is 5.71 Å². The minimum absolute atomic E-state index is 0.0273. The summed E-state index contributed by atoms with van der Waals surface area (Å²) in [6.07, 6.45) is 2.92. The summed E-state index contributed by atoms with van der Waals surface area (Å²) < 4.78 is 0. The number of unbranched alkanes of at least 4 members (excludes halogenated alkanes) is 1. The summed E-state index contributed by atoms with van der Waals surface area (Å²) >= 11 is 3.19. The zero-order valence-corrected chi connectivity index (χ0v) is 11.0. The molecule has 15 heavy (non-hydrogen) atoms. The molecule has 86 valence electrons. The van der Waals surface area contributed by atoms with E-state index in [1.807, 2.05) is 6.92 Å². The van der Waals surface area contributed by atoms with Crippen molar-refractivity contribution in [1.82, 2.24) is 0 Å². The van der Waals surface area contributed by atoms with Gasteiger partial charge >= 0.3 is 5.82 Å². The Morgan fingerprint density at radius 1 is 1.47 bits per heavy atom. The topological polar surface area (TPSA) is 55.5 Å². The molecule has 0 aliphatic heterocycles. The highest BCUT2D eigenvalue weighted by Crippen LogP contribution is 2.11. The molecule has 0 heterocycles. The van der Waals surface area contributed by atoms with E-state index in [-0.39, 0.29) is 5.82 Å². The van der Waals surface area contributed by atoms with Gasteiger partial charge in [0.25, 0.3) is 0 Å². The average molecular weight is 277 g/mol.